The molecule has 1 saturated heterocycles. The van der Waals surface area contributed by atoms with E-state index in [1.807, 2.05) is 18.2 Å². The number of nitrogens with zero attached hydrogens (tertiary/aromatic N) is 1. The van der Waals surface area contributed by atoms with Gasteiger partial charge in [-0.1, -0.05) is 91.0 Å². The van der Waals surface area contributed by atoms with Crippen molar-refractivity contribution in [2.45, 2.75) is 24.7 Å². The SMILES string of the molecule is CC1C(O)N1C(c1ccccc1)(c1ccccc1)c1ccccc1.CS(=O)(=O)O. The van der Waals surface area contributed by atoms with Gasteiger partial charge in [0.25, 0.3) is 10.1 Å². The smallest absolute Gasteiger partial charge is 0.261 e. The van der Waals surface area contributed by atoms with Crippen molar-refractivity contribution in [3.63, 3.8) is 0 Å². The molecule has 0 bridgehead atoms. The average Bonchev–Trinajstić information content (AvgIpc) is 3.30. The highest BCUT2D eigenvalue weighted by Gasteiger charge is 2.57. The van der Waals surface area contributed by atoms with Crippen LogP contribution in [0, 0.1) is 0 Å². The van der Waals surface area contributed by atoms with Gasteiger partial charge < -0.3 is 5.11 Å². The minimum Gasteiger partial charge on any atom is -0.377 e. The van der Waals surface area contributed by atoms with Gasteiger partial charge in [-0.2, -0.15) is 8.42 Å². The second-order valence-electron chi connectivity index (χ2n) is 7.10. The van der Waals surface area contributed by atoms with Crippen molar-refractivity contribution in [2.75, 3.05) is 6.26 Å². The molecule has 0 saturated carbocycles. The third-order valence-corrected chi connectivity index (χ3v) is 5.03. The zero-order valence-electron chi connectivity index (χ0n) is 16.4. The van der Waals surface area contributed by atoms with Gasteiger partial charge in [-0.3, -0.25) is 9.45 Å². The van der Waals surface area contributed by atoms with Gasteiger partial charge in [0.2, 0.25) is 0 Å². The highest BCUT2D eigenvalue weighted by atomic mass is 32.2. The van der Waals surface area contributed by atoms with Crippen LogP contribution in [0.25, 0.3) is 0 Å². The maximum Gasteiger partial charge on any atom is 0.261 e. The molecule has 0 aromatic heterocycles. The monoisotopic (exact) mass is 411 g/mol. The largest absolute Gasteiger partial charge is 0.377 e. The molecule has 0 aliphatic carbocycles. The molecule has 0 spiro atoms. The zero-order valence-corrected chi connectivity index (χ0v) is 17.2. The summed E-state index contributed by atoms with van der Waals surface area (Å²) in [7, 11) is -3.67. The fourth-order valence-corrected chi connectivity index (χ4v) is 3.82. The van der Waals surface area contributed by atoms with Crippen LogP contribution in [0.1, 0.15) is 23.6 Å². The highest BCUT2D eigenvalue weighted by Crippen LogP contribution is 2.50. The van der Waals surface area contributed by atoms with Gasteiger partial charge in [0.15, 0.2) is 0 Å². The summed E-state index contributed by atoms with van der Waals surface area (Å²) in [6, 6.07) is 31.5. The molecule has 3 aromatic carbocycles. The van der Waals surface area contributed by atoms with Crippen LogP contribution in [0.2, 0.25) is 0 Å². The van der Waals surface area contributed by atoms with Gasteiger partial charge in [-0.05, 0) is 23.6 Å². The highest BCUT2D eigenvalue weighted by molar-refractivity contribution is 7.85. The number of aliphatic hydroxyl groups excluding tert-OH is 1. The lowest BCUT2D eigenvalue weighted by molar-refractivity contribution is 0.164. The summed E-state index contributed by atoms with van der Waals surface area (Å²) in [6.07, 6.45) is 0.276. The standard InChI is InChI=1S/C22H21NO.CH4O3S/c1-17-21(24)23(17)22(18-11-5-2-6-12-18,19-13-7-3-8-14-19)20-15-9-4-10-16-20;1-5(2,3)4/h2-17,21,24H,1H3;1H3,(H,2,3,4). The van der Waals surface area contributed by atoms with E-state index in [0.717, 1.165) is 0 Å². The van der Waals surface area contributed by atoms with Crippen LogP contribution < -0.4 is 0 Å². The summed E-state index contributed by atoms with van der Waals surface area (Å²) in [5, 5.41) is 10.5. The number of hydrogen-bond donors (Lipinski definition) is 2. The van der Waals surface area contributed by atoms with Crippen molar-refractivity contribution >= 4 is 10.1 Å². The van der Waals surface area contributed by atoms with Gasteiger partial charge in [0.05, 0.1) is 17.8 Å². The summed E-state index contributed by atoms with van der Waals surface area (Å²) >= 11 is 0. The fourth-order valence-electron chi connectivity index (χ4n) is 3.82. The minimum absolute atomic E-state index is 0.116. The van der Waals surface area contributed by atoms with Crippen molar-refractivity contribution in [3.8, 4) is 0 Å². The molecule has 1 heterocycles. The molecule has 3 atom stereocenters. The Morgan fingerprint density at radius 3 is 1.21 bits per heavy atom. The average molecular weight is 412 g/mol. The predicted octanol–water partition coefficient (Wildman–Crippen LogP) is 3.51. The predicted molar refractivity (Wildman–Crippen MR) is 114 cm³/mol. The Kier molecular flexibility index (Phi) is 6.19. The van der Waals surface area contributed by atoms with Crippen molar-refractivity contribution in [1.82, 2.24) is 4.90 Å². The molecule has 2 N–H and O–H groups in total. The quantitative estimate of drug-likeness (QED) is 0.390. The first kappa shape index (κ1) is 21.2. The maximum absolute atomic E-state index is 10.5. The lowest BCUT2D eigenvalue weighted by Gasteiger charge is -2.38. The number of benzene rings is 3. The Morgan fingerprint density at radius 2 is 1.00 bits per heavy atom. The Hall–Kier alpha value is -2.51. The van der Waals surface area contributed by atoms with E-state index >= 15 is 0 Å². The molecule has 0 amide bonds. The Morgan fingerprint density at radius 1 is 0.759 bits per heavy atom. The van der Waals surface area contributed by atoms with E-state index in [0.29, 0.717) is 6.26 Å². The molecule has 1 fully saturated rings. The number of rotatable bonds is 4. The van der Waals surface area contributed by atoms with Crippen molar-refractivity contribution in [2.24, 2.45) is 0 Å². The molecule has 1 aliphatic rings. The molecule has 4 rings (SSSR count). The lowest BCUT2D eigenvalue weighted by atomic mass is 9.76. The molecular formula is C23H25NO4S. The molecule has 3 aromatic rings. The maximum atomic E-state index is 10.5. The Labute approximate surface area is 172 Å². The first-order valence-corrected chi connectivity index (χ1v) is 11.2. The van der Waals surface area contributed by atoms with Crippen LogP contribution in [0.3, 0.4) is 0 Å². The van der Waals surface area contributed by atoms with E-state index in [9.17, 15) is 13.5 Å². The van der Waals surface area contributed by atoms with Gasteiger partial charge in [-0.25, -0.2) is 0 Å². The van der Waals surface area contributed by atoms with Crippen LogP contribution in [0.5, 0.6) is 0 Å². The van der Waals surface area contributed by atoms with E-state index in [1.165, 1.54) is 16.7 Å². The Balaban J connectivity index is 0.000000431. The topological polar surface area (TPSA) is 77.6 Å². The van der Waals surface area contributed by atoms with Crippen LogP contribution in [-0.4, -0.2) is 41.5 Å². The summed E-state index contributed by atoms with van der Waals surface area (Å²) < 4.78 is 25.9. The van der Waals surface area contributed by atoms with Gasteiger partial charge >= 0.3 is 0 Å². The molecule has 1 aliphatic heterocycles. The van der Waals surface area contributed by atoms with Crippen molar-refractivity contribution in [3.05, 3.63) is 108 Å². The van der Waals surface area contributed by atoms with Gasteiger partial charge in [-0.15, -0.1) is 0 Å². The zero-order chi connectivity index (χ0) is 21.1. The fraction of sp³-hybridized carbons (Fsp3) is 0.217. The van der Waals surface area contributed by atoms with Gasteiger partial charge in [0, 0.05) is 0 Å². The molecular weight excluding hydrogens is 386 g/mol. The normalized spacial score (nSPS) is 21.0. The molecule has 29 heavy (non-hydrogen) atoms. The van der Waals surface area contributed by atoms with Crippen LogP contribution in [-0.2, 0) is 15.7 Å². The molecule has 152 valence electrons. The van der Waals surface area contributed by atoms with Crippen LogP contribution >= 0.6 is 0 Å². The summed E-state index contributed by atoms with van der Waals surface area (Å²) in [6.45, 7) is 2.08. The summed E-state index contributed by atoms with van der Waals surface area (Å²) in [5.41, 5.74) is 3.03. The summed E-state index contributed by atoms with van der Waals surface area (Å²) in [4.78, 5) is 2.19. The van der Waals surface area contributed by atoms with E-state index in [4.69, 9.17) is 4.55 Å². The van der Waals surface area contributed by atoms with E-state index in [1.54, 1.807) is 0 Å². The third-order valence-electron chi connectivity index (χ3n) is 5.03. The molecule has 5 nitrogen and oxygen atoms in total. The molecule has 0 radical (unpaired) electrons. The van der Waals surface area contributed by atoms with Crippen molar-refractivity contribution < 1.29 is 18.1 Å². The third kappa shape index (κ3) is 4.57. The second-order valence-corrected chi connectivity index (χ2v) is 8.57. The van der Waals surface area contributed by atoms with E-state index < -0.39 is 21.9 Å². The first-order chi connectivity index (χ1) is 13.8. The molecule has 3 unspecified atom stereocenters. The second kappa shape index (κ2) is 8.47. The van der Waals surface area contributed by atoms with Gasteiger partial charge in [0.1, 0.15) is 6.23 Å². The number of hydrogen-bond acceptors (Lipinski definition) is 4. The molecule has 6 heteroatoms. The lowest BCUT2D eigenvalue weighted by Crippen LogP contribution is -2.39. The van der Waals surface area contributed by atoms with E-state index in [-0.39, 0.29) is 6.04 Å². The number of aliphatic hydroxyl groups is 1. The van der Waals surface area contributed by atoms with Crippen molar-refractivity contribution in [1.29, 1.82) is 0 Å². The minimum atomic E-state index is -3.67. The van der Waals surface area contributed by atoms with Crippen LogP contribution in [0.4, 0.5) is 0 Å². The Bertz CT molecular complexity index is 912. The van der Waals surface area contributed by atoms with E-state index in [2.05, 4.69) is 84.6 Å². The summed E-state index contributed by atoms with van der Waals surface area (Å²) in [5.74, 6) is 0. The first-order valence-electron chi connectivity index (χ1n) is 9.32. The van der Waals surface area contributed by atoms with Crippen LogP contribution in [0.15, 0.2) is 91.0 Å².